The molecule has 0 saturated carbocycles. The Morgan fingerprint density at radius 1 is 1.25 bits per heavy atom. The average molecular weight is 191 g/mol. The van der Waals surface area contributed by atoms with Crippen molar-refractivity contribution in [2.24, 2.45) is 5.73 Å². The molecule has 0 aromatic heterocycles. The van der Waals surface area contributed by atoms with Crippen molar-refractivity contribution in [3.63, 3.8) is 0 Å². The van der Waals surface area contributed by atoms with Crippen LogP contribution in [-0.2, 0) is 9.47 Å². The minimum atomic E-state index is -0.200. The van der Waals surface area contributed by atoms with E-state index in [0.29, 0.717) is 13.2 Å². The van der Waals surface area contributed by atoms with E-state index in [1.807, 2.05) is 13.8 Å². The van der Waals surface area contributed by atoms with Crippen LogP contribution in [0.3, 0.4) is 0 Å². The fourth-order valence-corrected chi connectivity index (χ4v) is 1.76. The van der Waals surface area contributed by atoms with Gasteiger partial charge in [0.2, 0.25) is 0 Å². The van der Waals surface area contributed by atoms with E-state index >= 15 is 0 Å². The summed E-state index contributed by atoms with van der Waals surface area (Å²) in [7, 11) is 1.20. The summed E-state index contributed by atoms with van der Waals surface area (Å²) in [4.78, 5) is 0. The first-order valence-corrected chi connectivity index (χ1v) is 6.16. The normalized spacial score (nSPS) is 14.0. The molecule has 0 rings (SSSR count). The highest BCUT2D eigenvalue weighted by molar-refractivity contribution is 6.08. The molecule has 4 heteroatoms. The van der Waals surface area contributed by atoms with Gasteiger partial charge in [0, 0.05) is 23.5 Å². The minimum Gasteiger partial charge on any atom is -0.351 e. The second-order valence-electron chi connectivity index (χ2n) is 2.73. The van der Waals surface area contributed by atoms with E-state index in [-0.39, 0.29) is 12.3 Å². The molecule has 0 aliphatic rings. The van der Waals surface area contributed by atoms with Crippen LogP contribution in [0.4, 0.5) is 0 Å². The maximum Gasteiger partial charge on any atom is 0.172 e. The van der Waals surface area contributed by atoms with Crippen LogP contribution in [0.2, 0.25) is 6.04 Å². The van der Waals surface area contributed by atoms with Crippen LogP contribution >= 0.6 is 0 Å². The molecule has 0 saturated heterocycles. The molecule has 0 amide bonds. The van der Waals surface area contributed by atoms with Gasteiger partial charge in [-0.3, -0.25) is 0 Å². The molecule has 0 aliphatic heterocycles. The first kappa shape index (κ1) is 12.1. The molecule has 0 radical (unpaired) electrons. The fourth-order valence-electron chi connectivity index (χ4n) is 1.09. The van der Waals surface area contributed by atoms with Crippen LogP contribution in [0.5, 0.6) is 0 Å². The molecule has 0 heterocycles. The fraction of sp³-hybridized carbons (Fsp3) is 1.00. The maximum absolute atomic E-state index is 5.87. The molecule has 0 spiro atoms. The van der Waals surface area contributed by atoms with Gasteiger partial charge in [0.25, 0.3) is 0 Å². The predicted molar refractivity (Wildman–Crippen MR) is 54.4 cm³/mol. The summed E-state index contributed by atoms with van der Waals surface area (Å²) < 4.78 is 10.7. The van der Waals surface area contributed by atoms with Crippen molar-refractivity contribution in [2.45, 2.75) is 38.6 Å². The lowest BCUT2D eigenvalue weighted by atomic mass is 10.2. The monoisotopic (exact) mass is 191 g/mol. The number of hydrogen-bond acceptors (Lipinski definition) is 3. The lowest BCUT2D eigenvalue weighted by Crippen LogP contribution is -2.38. The van der Waals surface area contributed by atoms with Gasteiger partial charge in [0.1, 0.15) is 0 Å². The molecule has 2 N–H and O–H groups in total. The van der Waals surface area contributed by atoms with Gasteiger partial charge in [-0.15, -0.1) is 0 Å². The molecule has 3 nitrogen and oxygen atoms in total. The second kappa shape index (κ2) is 7.73. The molecule has 0 fully saturated rings. The molecule has 1 atom stereocenters. The zero-order chi connectivity index (χ0) is 9.40. The Bertz CT molecular complexity index is 97.1. The molecule has 74 valence electrons. The average Bonchev–Trinajstić information content (AvgIpc) is 2.04. The molecule has 1 unspecified atom stereocenters. The third-order valence-electron chi connectivity index (χ3n) is 1.63. The van der Waals surface area contributed by atoms with Gasteiger partial charge in [-0.05, 0) is 20.3 Å². The van der Waals surface area contributed by atoms with Gasteiger partial charge in [0.15, 0.2) is 6.29 Å². The summed E-state index contributed by atoms with van der Waals surface area (Å²) in [6.07, 6.45) is 0.811. The lowest BCUT2D eigenvalue weighted by Gasteiger charge is -2.22. The summed E-state index contributed by atoms with van der Waals surface area (Å²) >= 11 is 0. The van der Waals surface area contributed by atoms with Gasteiger partial charge in [-0.25, -0.2) is 0 Å². The quantitative estimate of drug-likeness (QED) is 0.451. The molecular formula is C8H21NO2Si. The van der Waals surface area contributed by atoms with Gasteiger partial charge in [-0.1, -0.05) is 6.04 Å². The topological polar surface area (TPSA) is 44.5 Å². The first-order valence-electron chi connectivity index (χ1n) is 4.74. The maximum atomic E-state index is 5.87. The Balaban J connectivity index is 3.72. The Morgan fingerprint density at radius 2 is 1.75 bits per heavy atom. The van der Waals surface area contributed by atoms with Crippen molar-refractivity contribution in [3.05, 3.63) is 0 Å². The summed E-state index contributed by atoms with van der Waals surface area (Å²) in [6.45, 7) is 5.25. The second-order valence-corrected chi connectivity index (χ2v) is 3.73. The third-order valence-corrected chi connectivity index (χ3v) is 2.21. The lowest BCUT2D eigenvalue weighted by molar-refractivity contribution is -0.148. The van der Waals surface area contributed by atoms with Crippen molar-refractivity contribution >= 4 is 10.2 Å². The van der Waals surface area contributed by atoms with Crippen LogP contribution < -0.4 is 5.73 Å². The van der Waals surface area contributed by atoms with Crippen molar-refractivity contribution in [3.8, 4) is 0 Å². The van der Waals surface area contributed by atoms with Gasteiger partial charge in [-0.2, -0.15) is 0 Å². The summed E-state index contributed by atoms with van der Waals surface area (Å²) in [5.74, 6) is 0. The zero-order valence-electron chi connectivity index (χ0n) is 8.38. The Hall–Kier alpha value is 0.0969. The van der Waals surface area contributed by atoms with Crippen LogP contribution in [0.15, 0.2) is 0 Å². The SMILES string of the molecule is CCOC(OCC)C(N)CC[SiH3]. The van der Waals surface area contributed by atoms with Crippen LogP contribution in [0.25, 0.3) is 0 Å². The summed E-state index contributed by atoms with van der Waals surface area (Å²) in [5, 5.41) is 0. The van der Waals surface area contributed by atoms with E-state index in [4.69, 9.17) is 15.2 Å². The van der Waals surface area contributed by atoms with Gasteiger partial charge >= 0.3 is 0 Å². The number of ether oxygens (including phenoxy) is 2. The standard InChI is InChI=1S/C8H21NO2Si/c1-3-10-8(11-4-2)7(9)5-6-12/h7-8H,3-6,9H2,1-2,12H3. The highest BCUT2D eigenvalue weighted by atomic mass is 28.1. The van der Waals surface area contributed by atoms with E-state index in [2.05, 4.69) is 0 Å². The molecule has 0 bridgehead atoms. The molecule has 0 aromatic rings. The summed E-state index contributed by atoms with van der Waals surface area (Å²) in [5.41, 5.74) is 5.87. The highest BCUT2D eigenvalue weighted by Crippen LogP contribution is 2.05. The van der Waals surface area contributed by atoms with E-state index in [1.165, 1.54) is 16.3 Å². The predicted octanol–water partition coefficient (Wildman–Crippen LogP) is -0.113. The van der Waals surface area contributed by atoms with E-state index in [0.717, 1.165) is 6.42 Å². The van der Waals surface area contributed by atoms with Crippen LogP contribution in [0, 0.1) is 0 Å². The highest BCUT2D eigenvalue weighted by Gasteiger charge is 2.16. The van der Waals surface area contributed by atoms with E-state index < -0.39 is 0 Å². The van der Waals surface area contributed by atoms with Crippen LogP contribution in [-0.4, -0.2) is 35.8 Å². The van der Waals surface area contributed by atoms with E-state index in [9.17, 15) is 0 Å². The summed E-state index contributed by atoms with van der Waals surface area (Å²) in [6, 6.07) is 1.25. The molecule has 12 heavy (non-hydrogen) atoms. The molecule has 0 aromatic carbocycles. The molecule has 0 aliphatic carbocycles. The Kier molecular flexibility index (Phi) is 7.79. The van der Waals surface area contributed by atoms with Gasteiger partial charge < -0.3 is 15.2 Å². The molecular weight excluding hydrogens is 170 g/mol. The Morgan fingerprint density at radius 3 is 2.08 bits per heavy atom. The van der Waals surface area contributed by atoms with Crippen molar-refractivity contribution < 1.29 is 9.47 Å². The van der Waals surface area contributed by atoms with Crippen molar-refractivity contribution in [1.29, 1.82) is 0 Å². The minimum absolute atomic E-state index is 0.0439. The van der Waals surface area contributed by atoms with Gasteiger partial charge in [0.05, 0.1) is 6.04 Å². The van der Waals surface area contributed by atoms with Crippen molar-refractivity contribution in [1.82, 2.24) is 0 Å². The number of rotatable bonds is 7. The Labute approximate surface area is 78.0 Å². The van der Waals surface area contributed by atoms with E-state index in [1.54, 1.807) is 0 Å². The largest absolute Gasteiger partial charge is 0.351 e. The van der Waals surface area contributed by atoms with Crippen molar-refractivity contribution in [2.75, 3.05) is 13.2 Å². The zero-order valence-corrected chi connectivity index (χ0v) is 10.4. The number of nitrogens with two attached hydrogens (primary N) is 1. The first-order chi connectivity index (χ1) is 5.76. The third kappa shape index (κ3) is 4.87. The van der Waals surface area contributed by atoms with Crippen LogP contribution in [0.1, 0.15) is 20.3 Å². The number of hydrogen-bond donors (Lipinski definition) is 1. The smallest absolute Gasteiger partial charge is 0.172 e.